The number of H-pyrrole nitrogens is 1. The number of halogens is 1. The van der Waals surface area contributed by atoms with Crippen LogP contribution in [0.5, 0.6) is 0 Å². The molecule has 2 aromatic heterocycles. The number of amides is 1. The van der Waals surface area contributed by atoms with E-state index in [0.717, 1.165) is 5.82 Å². The molecule has 0 saturated carbocycles. The second kappa shape index (κ2) is 5.45. The highest BCUT2D eigenvalue weighted by Crippen LogP contribution is 2.05. The van der Waals surface area contributed by atoms with Gasteiger partial charge >= 0.3 is 0 Å². The summed E-state index contributed by atoms with van der Waals surface area (Å²) in [6.45, 7) is 0.511. The van der Waals surface area contributed by atoms with E-state index in [0.29, 0.717) is 23.7 Å². The van der Waals surface area contributed by atoms with Gasteiger partial charge in [-0.2, -0.15) is 0 Å². The average molecular weight is 251 g/mol. The first-order chi connectivity index (χ1) is 8.25. The van der Waals surface area contributed by atoms with E-state index in [4.69, 9.17) is 11.6 Å². The zero-order valence-corrected chi connectivity index (χ0v) is 9.74. The number of hydrogen-bond acceptors (Lipinski definition) is 3. The first-order valence-electron chi connectivity index (χ1n) is 5.14. The fourth-order valence-electron chi connectivity index (χ4n) is 1.33. The van der Waals surface area contributed by atoms with Gasteiger partial charge in [-0.15, -0.1) is 0 Å². The Labute approximate surface area is 103 Å². The largest absolute Gasteiger partial charge is 0.350 e. The number of imidazole rings is 1. The molecular weight excluding hydrogens is 240 g/mol. The van der Waals surface area contributed by atoms with Crippen LogP contribution in [0.15, 0.2) is 30.7 Å². The summed E-state index contributed by atoms with van der Waals surface area (Å²) < 4.78 is 0. The molecule has 0 atom stereocenters. The van der Waals surface area contributed by atoms with E-state index in [1.54, 1.807) is 24.5 Å². The lowest BCUT2D eigenvalue weighted by molar-refractivity contribution is 0.0949. The zero-order valence-electron chi connectivity index (χ0n) is 8.98. The Morgan fingerprint density at radius 3 is 2.94 bits per heavy atom. The number of aromatic amines is 1. The maximum absolute atomic E-state index is 11.6. The predicted octanol–water partition coefficient (Wildman–Crippen LogP) is 1.43. The van der Waals surface area contributed by atoms with Gasteiger partial charge < -0.3 is 10.3 Å². The Kier molecular flexibility index (Phi) is 3.72. The fourth-order valence-corrected chi connectivity index (χ4v) is 1.44. The van der Waals surface area contributed by atoms with Gasteiger partial charge in [0, 0.05) is 31.6 Å². The number of carbonyl (C=O) groups is 1. The number of hydrogen-bond donors (Lipinski definition) is 2. The third kappa shape index (κ3) is 3.29. The molecule has 88 valence electrons. The van der Waals surface area contributed by atoms with E-state index in [1.165, 1.54) is 6.20 Å². The van der Waals surface area contributed by atoms with Crippen LogP contribution < -0.4 is 5.32 Å². The molecule has 0 aliphatic rings. The molecule has 1 amide bonds. The molecule has 0 saturated heterocycles. The third-order valence-electron chi connectivity index (χ3n) is 2.16. The lowest BCUT2D eigenvalue weighted by Gasteiger charge is -2.03. The van der Waals surface area contributed by atoms with E-state index >= 15 is 0 Å². The normalized spacial score (nSPS) is 10.2. The maximum Gasteiger partial charge on any atom is 0.269 e. The average Bonchev–Trinajstić information content (AvgIpc) is 2.83. The molecule has 2 rings (SSSR count). The Bertz CT molecular complexity index is 481. The molecule has 0 spiro atoms. The topological polar surface area (TPSA) is 70.7 Å². The summed E-state index contributed by atoms with van der Waals surface area (Å²) in [5, 5.41) is 3.26. The van der Waals surface area contributed by atoms with Gasteiger partial charge in [0.25, 0.3) is 5.91 Å². The lowest BCUT2D eigenvalue weighted by Crippen LogP contribution is -2.26. The summed E-state index contributed by atoms with van der Waals surface area (Å²) in [6.07, 6.45) is 5.53. The molecule has 0 aliphatic heterocycles. The summed E-state index contributed by atoms with van der Waals surface area (Å²) >= 11 is 5.68. The molecule has 0 fully saturated rings. The molecule has 5 nitrogen and oxygen atoms in total. The van der Waals surface area contributed by atoms with Crippen molar-refractivity contribution in [3.8, 4) is 0 Å². The minimum atomic E-state index is -0.215. The Balaban J connectivity index is 1.83. The molecule has 0 unspecified atom stereocenters. The van der Waals surface area contributed by atoms with Gasteiger partial charge in [-0.3, -0.25) is 4.79 Å². The SMILES string of the molecule is O=C(NCCc1ncc[nH]1)c1ccc(Cl)cn1. The minimum Gasteiger partial charge on any atom is -0.350 e. The van der Waals surface area contributed by atoms with Crippen molar-refractivity contribution in [1.82, 2.24) is 20.3 Å². The van der Waals surface area contributed by atoms with Gasteiger partial charge in [0.05, 0.1) is 5.02 Å². The van der Waals surface area contributed by atoms with E-state index in [-0.39, 0.29) is 5.91 Å². The predicted molar refractivity (Wildman–Crippen MR) is 63.9 cm³/mol. The quantitative estimate of drug-likeness (QED) is 0.862. The van der Waals surface area contributed by atoms with Crippen molar-refractivity contribution >= 4 is 17.5 Å². The number of nitrogens with one attached hydrogen (secondary N) is 2. The summed E-state index contributed by atoms with van der Waals surface area (Å²) in [5.74, 6) is 0.627. The summed E-state index contributed by atoms with van der Waals surface area (Å²) in [5.41, 5.74) is 0.355. The van der Waals surface area contributed by atoms with Gasteiger partial charge in [-0.25, -0.2) is 9.97 Å². The van der Waals surface area contributed by atoms with Crippen molar-refractivity contribution in [2.45, 2.75) is 6.42 Å². The summed E-state index contributed by atoms with van der Waals surface area (Å²) in [7, 11) is 0. The van der Waals surface area contributed by atoms with Crippen LogP contribution in [0.2, 0.25) is 5.02 Å². The molecule has 2 heterocycles. The molecule has 0 bridgehead atoms. The second-order valence-corrected chi connectivity index (χ2v) is 3.84. The molecule has 17 heavy (non-hydrogen) atoms. The molecule has 0 aromatic carbocycles. The highest BCUT2D eigenvalue weighted by Gasteiger charge is 2.06. The number of nitrogens with zero attached hydrogens (tertiary/aromatic N) is 2. The molecule has 2 N–H and O–H groups in total. The first-order valence-corrected chi connectivity index (χ1v) is 5.51. The summed E-state index contributed by atoms with van der Waals surface area (Å²) in [6, 6.07) is 3.22. The summed E-state index contributed by atoms with van der Waals surface area (Å²) in [4.78, 5) is 22.6. The Hall–Kier alpha value is -1.88. The van der Waals surface area contributed by atoms with E-state index in [1.807, 2.05) is 0 Å². The molecule has 6 heteroatoms. The van der Waals surface area contributed by atoms with Crippen LogP contribution in [0.4, 0.5) is 0 Å². The first kappa shape index (κ1) is 11.6. The molecule has 2 aromatic rings. The lowest BCUT2D eigenvalue weighted by atomic mass is 10.3. The van der Waals surface area contributed by atoms with E-state index in [2.05, 4.69) is 20.3 Å². The van der Waals surface area contributed by atoms with Gasteiger partial charge in [0.1, 0.15) is 11.5 Å². The monoisotopic (exact) mass is 250 g/mol. The number of aromatic nitrogens is 3. The van der Waals surface area contributed by atoms with Crippen LogP contribution in [0.25, 0.3) is 0 Å². The zero-order chi connectivity index (χ0) is 12.1. The van der Waals surface area contributed by atoms with Crippen LogP contribution in [-0.2, 0) is 6.42 Å². The highest BCUT2D eigenvalue weighted by molar-refractivity contribution is 6.30. The van der Waals surface area contributed by atoms with Crippen molar-refractivity contribution in [2.75, 3.05) is 6.54 Å². The van der Waals surface area contributed by atoms with Crippen LogP contribution >= 0.6 is 11.6 Å². The van der Waals surface area contributed by atoms with E-state index in [9.17, 15) is 4.79 Å². The van der Waals surface area contributed by atoms with Crippen LogP contribution in [0.3, 0.4) is 0 Å². The number of rotatable bonds is 4. The second-order valence-electron chi connectivity index (χ2n) is 3.40. The molecule has 0 radical (unpaired) electrons. The van der Waals surface area contributed by atoms with Crippen molar-refractivity contribution in [1.29, 1.82) is 0 Å². The molecule has 0 aliphatic carbocycles. The van der Waals surface area contributed by atoms with Gasteiger partial charge in [0.15, 0.2) is 0 Å². The van der Waals surface area contributed by atoms with Crippen LogP contribution in [-0.4, -0.2) is 27.4 Å². The van der Waals surface area contributed by atoms with Crippen molar-refractivity contribution in [2.24, 2.45) is 0 Å². The molecular formula is C11H11ClN4O. The highest BCUT2D eigenvalue weighted by atomic mass is 35.5. The van der Waals surface area contributed by atoms with Gasteiger partial charge in [-0.1, -0.05) is 11.6 Å². The van der Waals surface area contributed by atoms with Crippen LogP contribution in [0.1, 0.15) is 16.3 Å². The standard InChI is InChI=1S/C11H11ClN4O/c12-8-1-2-9(16-7-8)11(17)15-4-3-10-13-5-6-14-10/h1-2,5-7H,3-4H2,(H,13,14)(H,15,17). The van der Waals surface area contributed by atoms with E-state index < -0.39 is 0 Å². The number of pyridine rings is 1. The fraction of sp³-hybridized carbons (Fsp3) is 0.182. The van der Waals surface area contributed by atoms with Gasteiger partial charge in [-0.05, 0) is 12.1 Å². The van der Waals surface area contributed by atoms with Gasteiger partial charge in [0.2, 0.25) is 0 Å². The van der Waals surface area contributed by atoms with Crippen LogP contribution in [0, 0.1) is 0 Å². The minimum absolute atomic E-state index is 0.215. The maximum atomic E-state index is 11.6. The number of carbonyl (C=O) groups excluding carboxylic acids is 1. The Morgan fingerprint density at radius 2 is 2.29 bits per heavy atom. The van der Waals surface area contributed by atoms with Crippen molar-refractivity contribution < 1.29 is 4.79 Å². The van der Waals surface area contributed by atoms with Crippen molar-refractivity contribution in [3.63, 3.8) is 0 Å². The van der Waals surface area contributed by atoms with Crippen molar-refractivity contribution in [3.05, 3.63) is 47.3 Å². The smallest absolute Gasteiger partial charge is 0.269 e. The third-order valence-corrected chi connectivity index (χ3v) is 2.39. The Morgan fingerprint density at radius 1 is 1.41 bits per heavy atom.